The van der Waals surface area contributed by atoms with Gasteiger partial charge in [0.25, 0.3) is 5.91 Å². The third-order valence-corrected chi connectivity index (χ3v) is 3.48. The largest absolute Gasteiger partial charge is 0.492 e. The summed E-state index contributed by atoms with van der Waals surface area (Å²) < 4.78 is 6.35. The molecule has 6 heteroatoms. The summed E-state index contributed by atoms with van der Waals surface area (Å²) in [5, 5.41) is 5.25. The minimum Gasteiger partial charge on any atom is -0.492 e. The van der Waals surface area contributed by atoms with Gasteiger partial charge in [-0.3, -0.25) is 9.59 Å². The number of rotatable bonds is 7. The van der Waals surface area contributed by atoms with Gasteiger partial charge in [0, 0.05) is 10.0 Å². The van der Waals surface area contributed by atoms with E-state index in [2.05, 4.69) is 26.6 Å². The van der Waals surface area contributed by atoms with Gasteiger partial charge in [0.05, 0.1) is 13.1 Å². The quantitative estimate of drug-likeness (QED) is 0.729. The van der Waals surface area contributed by atoms with Gasteiger partial charge >= 0.3 is 0 Å². The molecule has 0 fully saturated rings. The molecule has 0 heterocycles. The number of nitrogens with one attached hydrogen (secondary N) is 2. The minimum absolute atomic E-state index is 0.0692. The van der Waals surface area contributed by atoms with E-state index in [1.54, 1.807) is 24.3 Å². The van der Waals surface area contributed by atoms with Gasteiger partial charge in [-0.25, -0.2) is 0 Å². The third-order valence-electron chi connectivity index (χ3n) is 2.95. The fourth-order valence-electron chi connectivity index (χ4n) is 1.80. The van der Waals surface area contributed by atoms with E-state index in [9.17, 15) is 9.59 Å². The molecular weight excluding hydrogens is 360 g/mol. The summed E-state index contributed by atoms with van der Waals surface area (Å²) >= 11 is 3.30. The summed E-state index contributed by atoms with van der Waals surface area (Å²) in [6, 6.07) is 16.3. The zero-order chi connectivity index (χ0) is 16.5. The zero-order valence-electron chi connectivity index (χ0n) is 12.4. The standard InChI is InChI=1S/C17H17BrN2O3/c18-14-8-6-13(7-9-14)17(22)20-12-16(21)19-10-11-23-15-4-2-1-3-5-15/h1-9H,10-12H2,(H,19,21)(H,20,22). The van der Waals surface area contributed by atoms with Crippen molar-refractivity contribution in [2.75, 3.05) is 19.7 Å². The van der Waals surface area contributed by atoms with Gasteiger partial charge in [-0.05, 0) is 36.4 Å². The molecule has 0 unspecified atom stereocenters. The van der Waals surface area contributed by atoms with Crippen LogP contribution < -0.4 is 15.4 Å². The van der Waals surface area contributed by atoms with E-state index in [-0.39, 0.29) is 18.4 Å². The summed E-state index contributed by atoms with van der Waals surface area (Å²) in [5.74, 6) is 0.214. The van der Waals surface area contributed by atoms with Gasteiger partial charge in [0.1, 0.15) is 12.4 Å². The highest BCUT2D eigenvalue weighted by Gasteiger charge is 2.07. The molecule has 0 aromatic heterocycles. The molecule has 0 aliphatic carbocycles. The molecule has 0 radical (unpaired) electrons. The number of ether oxygens (including phenoxy) is 1. The highest BCUT2D eigenvalue weighted by molar-refractivity contribution is 9.10. The molecule has 0 saturated carbocycles. The topological polar surface area (TPSA) is 67.4 Å². The van der Waals surface area contributed by atoms with E-state index in [0.29, 0.717) is 18.7 Å². The number of benzene rings is 2. The average Bonchev–Trinajstić information content (AvgIpc) is 2.58. The van der Waals surface area contributed by atoms with Crippen molar-refractivity contribution in [3.05, 3.63) is 64.6 Å². The Labute approximate surface area is 143 Å². The van der Waals surface area contributed by atoms with Crippen LogP contribution in [0, 0.1) is 0 Å². The normalized spacial score (nSPS) is 9.96. The van der Waals surface area contributed by atoms with Crippen LogP contribution in [0.4, 0.5) is 0 Å². The van der Waals surface area contributed by atoms with Crippen LogP contribution in [0.3, 0.4) is 0 Å². The van der Waals surface area contributed by atoms with Crippen molar-refractivity contribution in [2.24, 2.45) is 0 Å². The first-order valence-corrected chi connectivity index (χ1v) is 7.93. The SMILES string of the molecule is O=C(CNC(=O)c1ccc(Br)cc1)NCCOc1ccccc1. The van der Waals surface area contributed by atoms with E-state index in [1.165, 1.54) is 0 Å². The molecule has 23 heavy (non-hydrogen) atoms. The second kappa shape index (κ2) is 8.95. The Balaban J connectivity index is 1.63. The van der Waals surface area contributed by atoms with Crippen LogP contribution in [0.1, 0.15) is 10.4 Å². The molecule has 120 valence electrons. The van der Waals surface area contributed by atoms with Crippen LogP contribution in [0.5, 0.6) is 5.75 Å². The summed E-state index contributed by atoms with van der Waals surface area (Å²) in [4.78, 5) is 23.5. The number of hydrogen-bond acceptors (Lipinski definition) is 3. The average molecular weight is 377 g/mol. The first-order valence-electron chi connectivity index (χ1n) is 7.13. The van der Waals surface area contributed by atoms with Gasteiger partial charge in [0.2, 0.25) is 5.91 Å². The molecule has 0 atom stereocenters. The van der Waals surface area contributed by atoms with Crippen molar-refractivity contribution in [1.29, 1.82) is 0 Å². The van der Waals surface area contributed by atoms with Crippen molar-refractivity contribution in [1.82, 2.24) is 10.6 Å². The minimum atomic E-state index is -0.284. The Bertz CT molecular complexity index is 645. The molecule has 2 N–H and O–H groups in total. The number of hydrogen-bond donors (Lipinski definition) is 2. The maximum absolute atomic E-state index is 11.8. The van der Waals surface area contributed by atoms with Crippen LogP contribution in [0.2, 0.25) is 0 Å². The van der Waals surface area contributed by atoms with Crippen molar-refractivity contribution in [2.45, 2.75) is 0 Å². The van der Waals surface area contributed by atoms with Crippen LogP contribution >= 0.6 is 15.9 Å². The Morgan fingerprint density at radius 2 is 1.65 bits per heavy atom. The van der Waals surface area contributed by atoms with Gasteiger partial charge < -0.3 is 15.4 Å². The molecule has 0 aliphatic heterocycles. The van der Waals surface area contributed by atoms with Gasteiger partial charge in [-0.1, -0.05) is 34.1 Å². The van der Waals surface area contributed by atoms with E-state index >= 15 is 0 Å². The number of carbonyl (C=O) groups excluding carboxylic acids is 2. The molecule has 5 nitrogen and oxygen atoms in total. The predicted octanol–water partition coefficient (Wildman–Crippen LogP) is 2.37. The predicted molar refractivity (Wildman–Crippen MR) is 91.4 cm³/mol. The molecule has 0 bridgehead atoms. The second-order valence-electron chi connectivity index (χ2n) is 4.70. The molecule has 2 amide bonds. The first kappa shape index (κ1) is 17.0. The van der Waals surface area contributed by atoms with E-state index in [1.807, 2.05) is 30.3 Å². The lowest BCUT2D eigenvalue weighted by atomic mass is 10.2. The number of para-hydroxylation sites is 1. The van der Waals surface area contributed by atoms with Gasteiger partial charge in [0.15, 0.2) is 0 Å². The number of carbonyl (C=O) groups is 2. The van der Waals surface area contributed by atoms with Crippen molar-refractivity contribution >= 4 is 27.7 Å². The Kier molecular flexibility index (Phi) is 6.62. The highest BCUT2D eigenvalue weighted by atomic mass is 79.9. The van der Waals surface area contributed by atoms with E-state index < -0.39 is 0 Å². The zero-order valence-corrected chi connectivity index (χ0v) is 14.0. The van der Waals surface area contributed by atoms with Crippen molar-refractivity contribution in [3.63, 3.8) is 0 Å². The first-order chi connectivity index (χ1) is 11.1. The van der Waals surface area contributed by atoms with Gasteiger partial charge in [-0.2, -0.15) is 0 Å². The van der Waals surface area contributed by atoms with Crippen LogP contribution in [-0.4, -0.2) is 31.5 Å². The number of halogens is 1. The third kappa shape index (κ3) is 6.12. The summed E-state index contributed by atoms with van der Waals surface area (Å²) in [5.41, 5.74) is 0.508. The maximum Gasteiger partial charge on any atom is 0.251 e. The van der Waals surface area contributed by atoms with Crippen LogP contribution in [-0.2, 0) is 4.79 Å². The van der Waals surface area contributed by atoms with E-state index in [0.717, 1.165) is 10.2 Å². The molecule has 2 aromatic carbocycles. The Morgan fingerprint density at radius 1 is 0.957 bits per heavy atom. The van der Waals surface area contributed by atoms with Crippen molar-refractivity contribution in [3.8, 4) is 5.75 Å². The number of amides is 2. The highest BCUT2D eigenvalue weighted by Crippen LogP contribution is 2.10. The smallest absolute Gasteiger partial charge is 0.251 e. The lowest BCUT2D eigenvalue weighted by Gasteiger charge is -2.08. The second-order valence-corrected chi connectivity index (χ2v) is 5.62. The molecule has 0 saturated heterocycles. The van der Waals surface area contributed by atoms with Gasteiger partial charge in [-0.15, -0.1) is 0 Å². The Hall–Kier alpha value is -2.34. The lowest BCUT2D eigenvalue weighted by molar-refractivity contribution is -0.120. The molecule has 0 spiro atoms. The molecule has 2 aromatic rings. The monoisotopic (exact) mass is 376 g/mol. The van der Waals surface area contributed by atoms with Crippen LogP contribution in [0.25, 0.3) is 0 Å². The molecule has 0 aliphatic rings. The molecule has 2 rings (SSSR count). The summed E-state index contributed by atoms with van der Waals surface area (Å²) in [7, 11) is 0. The summed E-state index contributed by atoms with van der Waals surface area (Å²) in [6.07, 6.45) is 0. The maximum atomic E-state index is 11.8. The fraction of sp³-hybridized carbons (Fsp3) is 0.176. The summed E-state index contributed by atoms with van der Waals surface area (Å²) in [6.45, 7) is 0.679. The van der Waals surface area contributed by atoms with Crippen LogP contribution in [0.15, 0.2) is 59.1 Å². The fourth-order valence-corrected chi connectivity index (χ4v) is 2.07. The van der Waals surface area contributed by atoms with E-state index in [4.69, 9.17) is 4.74 Å². The lowest BCUT2D eigenvalue weighted by Crippen LogP contribution is -2.38. The Morgan fingerprint density at radius 3 is 2.35 bits per heavy atom. The van der Waals surface area contributed by atoms with Crippen molar-refractivity contribution < 1.29 is 14.3 Å². The molecular formula is C17H17BrN2O3.